The van der Waals surface area contributed by atoms with E-state index in [0.717, 1.165) is 0 Å². The van der Waals surface area contributed by atoms with Gasteiger partial charge in [-0.2, -0.15) is 0 Å². The van der Waals surface area contributed by atoms with Crippen molar-refractivity contribution in [2.24, 2.45) is 0 Å². The highest BCUT2D eigenvalue weighted by Gasteiger charge is 2.33. The summed E-state index contributed by atoms with van der Waals surface area (Å²) in [6.07, 6.45) is -1.29. The monoisotopic (exact) mass is 206 g/mol. The van der Waals surface area contributed by atoms with Gasteiger partial charge in [0, 0.05) is 0 Å². The van der Waals surface area contributed by atoms with Gasteiger partial charge >= 0.3 is 0 Å². The fourth-order valence-electron chi connectivity index (χ4n) is 0.354. The maximum Gasteiger partial charge on any atom is 0.123 e. The third-order valence-electron chi connectivity index (χ3n) is 2.48. The first-order valence-corrected chi connectivity index (χ1v) is 4.82. The third kappa shape index (κ3) is 3.92. The van der Waals surface area contributed by atoms with Gasteiger partial charge in [0.15, 0.2) is 0 Å². The van der Waals surface area contributed by atoms with Gasteiger partial charge < -0.3 is 10.2 Å². The highest BCUT2D eigenvalue weighted by atomic mass is 17.2. The summed E-state index contributed by atoms with van der Waals surface area (Å²) in [5, 5.41) is 18.7. The molecule has 0 rings (SSSR count). The van der Waals surface area contributed by atoms with Crippen LogP contribution in [0.15, 0.2) is 0 Å². The summed E-state index contributed by atoms with van der Waals surface area (Å²) in [5.41, 5.74) is -1.57. The highest BCUT2D eigenvalue weighted by Crippen LogP contribution is 2.21. The molecule has 0 amide bonds. The lowest BCUT2D eigenvalue weighted by Crippen LogP contribution is -2.44. The lowest BCUT2D eigenvalue weighted by atomic mass is 10.0. The van der Waals surface area contributed by atoms with Gasteiger partial charge in [-0.15, -0.1) is 0 Å². The van der Waals surface area contributed by atoms with E-state index < -0.39 is 23.4 Å². The van der Waals surface area contributed by atoms with Gasteiger partial charge in [-0.05, 0) is 41.5 Å². The average molecular weight is 206 g/mol. The van der Waals surface area contributed by atoms with Crippen LogP contribution in [0.25, 0.3) is 0 Å². The highest BCUT2D eigenvalue weighted by molar-refractivity contribution is 4.76. The predicted octanol–water partition coefficient (Wildman–Crippen LogP) is 1.25. The molecule has 86 valence electrons. The average Bonchev–Trinajstić information content (AvgIpc) is 2.01. The zero-order valence-electron chi connectivity index (χ0n) is 9.87. The fraction of sp³-hybridized carbons (Fsp3) is 1.00. The second-order valence-electron chi connectivity index (χ2n) is 4.73. The van der Waals surface area contributed by atoms with Gasteiger partial charge in [0.05, 0.1) is 12.2 Å². The Morgan fingerprint density at radius 2 is 1.00 bits per heavy atom. The van der Waals surface area contributed by atoms with E-state index in [4.69, 9.17) is 9.78 Å². The minimum Gasteiger partial charge on any atom is -0.390 e. The SMILES string of the molecule is CC(O)C(C)(C)OOC(C)(C)C(C)O. The molecule has 0 radical (unpaired) electrons. The Morgan fingerprint density at radius 1 is 0.786 bits per heavy atom. The van der Waals surface area contributed by atoms with Crippen molar-refractivity contribution in [3.05, 3.63) is 0 Å². The smallest absolute Gasteiger partial charge is 0.123 e. The quantitative estimate of drug-likeness (QED) is 0.525. The summed E-state index contributed by atoms with van der Waals surface area (Å²) in [7, 11) is 0. The Labute approximate surface area is 85.8 Å². The van der Waals surface area contributed by atoms with Crippen LogP contribution in [0.4, 0.5) is 0 Å². The lowest BCUT2D eigenvalue weighted by Gasteiger charge is -2.33. The molecule has 2 unspecified atom stereocenters. The van der Waals surface area contributed by atoms with Gasteiger partial charge in [-0.1, -0.05) is 0 Å². The van der Waals surface area contributed by atoms with Crippen LogP contribution in [-0.2, 0) is 9.78 Å². The first kappa shape index (κ1) is 13.8. The van der Waals surface area contributed by atoms with Crippen LogP contribution in [0.2, 0.25) is 0 Å². The minimum atomic E-state index is -0.786. The summed E-state index contributed by atoms with van der Waals surface area (Å²) >= 11 is 0. The van der Waals surface area contributed by atoms with E-state index in [1.54, 1.807) is 41.5 Å². The van der Waals surface area contributed by atoms with Crippen LogP contribution in [0.5, 0.6) is 0 Å². The molecule has 0 saturated heterocycles. The number of rotatable bonds is 5. The van der Waals surface area contributed by atoms with Crippen LogP contribution in [0.3, 0.4) is 0 Å². The van der Waals surface area contributed by atoms with Gasteiger partial charge in [-0.3, -0.25) is 0 Å². The van der Waals surface area contributed by atoms with Crippen molar-refractivity contribution in [3.63, 3.8) is 0 Å². The lowest BCUT2D eigenvalue weighted by molar-refractivity contribution is -0.421. The molecule has 0 fully saturated rings. The number of aliphatic hydroxyl groups excluding tert-OH is 2. The molecule has 0 aliphatic heterocycles. The number of hydrogen-bond acceptors (Lipinski definition) is 4. The third-order valence-corrected chi connectivity index (χ3v) is 2.48. The molecule has 2 N–H and O–H groups in total. The summed E-state index contributed by atoms with van der Waals surface area (Å²) in [6.45, 7) is 10.1. The van der Waals surface area contributed by atoms with E-state index in [-0.39, 0.29) is 0 Å². The summed E-state index contributed by atoms with van der Waals surface area (Å²) in [5.74, 6) is 0. The van der Waals surface area contributed by atoms with Crippen molar-refractivity contribution in [2.75, 3.05) is 0 Å². The van der Waals surface area contributed by atoms with Crippen molar-refractivity contribution in [1.82, 2.24) is 0 Å². The normalized spacial score (nSPS) is 18.0. The molecule has 0 aliphatic rings. The Hall–Kier alpha value is -0.160. The van der Waals surface area contributed by atoms with Gasteiger partial charge in [0.2, 0.25) is 0 Å². The molecule has 0 bridgehead atoms. The van der Waals surface area contributed by atoms with E-state index in [0.29, 0.717) is 0 Å². The molecular formula is C10H22O4. The molecular weight excluding hydrogens is 184 g/mol. The Bertz CT molecular complexity index is 153. The summed E-state index contributed by atoms with van der Waals surface area (Å²) < 4.78 is 0. The first-order chi connectivity index (χ1) is 6.09. The summed E-state index contributed by atoms with van der Waals surface area (Å²) in [4.78, 5) is 10.2. The molecule has 0 saturated carbocycles. The number of aliphatic hydroxyl groups is 2. The van der Waals surface area contributed by atoms with Crippen LogP contribution < -0.4 is 0 Å². The van der Waals surface area contributed by atoms with Gasteiger partial charge in [0.1, 0.15) is 11.2 Å². The minimum absolute atomic E-state index is 0.646. The first-order valence-electron chi connectivity index (χ1n) is 4.82. The van der Waals surface area contributed by atoms with Crippen LogP contribution in [0, 0.1) is 0 Å². The zero-order chi connectivity index (χ0) is 11.6. The second-order valence-corrected chi connectivity index (χ2v) is 4.73. The molecule has 0 spiro atoms. The van der Waals surface area contributed by atoms with Crippen molar-refractivity contribution < 1.29 is 20.0 Å². The molecule has 4 nitrogen and oxygen atoms in total. The predicted molar refractivity (Wildman–Crippen MR) is 53.7 cm³/mol. The molecule has 4 heteroatoms. The van der Waals surface area contributed by atoms with E-state index in [2.05, 4.69) is 0 Å². The molecule has 0 aromatic rings. The van der Waals surface area contributed by atoms with Crippen LogP contribution in [-0.4, -0.2) is 33.6 Å². The van der Waals surface area contributed by atoms with E-state index in [9.17, 15) is 10.2 Å². The second kappa shape index (κ2) is 4.57. The summed E-state index contributed by atoms with van der Waals surface area (Å²) in [6, 6.07) is 0. The molecule has 2 atom stereocenters. The Morgan fingerprint density at radius 3 is 1.14 bits per heavy atom. The largest absolute Gasteiger partial charge is 0.390 e. The Kier molecular flexibility index (Phi) is 4.52. The maximum atomic E-state index is 9.35. The molecule has 0 aromatic carbocycles. The van der Waals surface area contributed by atoms with Gasteiger partial charge in [-0.25, -0.2) is 9.78 Å². The van der Waals surface area contributed by atoms with Crippen molar-refractivity contribution in [2.45, 2.75) is 65.0 Å². The fourth-order valence-corrected chi connectivity index (χ4v) is 0.354. The van der Waals surface area contributed by atoms with Crippen LogP contribution in [0.1, 0.15) is 41.5 Å². The molecule has 0 aliphatic carbocycles. The Balaban J connectivity index is 4.18. The van der Waals surface area contributed by atoms with Crippen LogP contribution >= 0.6 is 0 Å². The number of hydrogen-bond donors (Lipinski definition) is 2. The molecule has 0 heterocycles. The standard InChI is InChI=1S/C10H22O4/c1-7(11)9(3,4)13-14-10(5,6)8(2)12/h7-8,11-12H,1-6H3. The topological polar surface area (TPSA) is 58.9 Å². The molecule has 14 heavy (non-hydrogen) atoms. The van der Waals surface area contributed by atoms with E-state index in [1.165, 1.54) is 0 Å². The van der Waals surface area contributed by atoms with Crippen molar-refractivity contribution in [1.29, 1.82) is 0 Å². The zero-order valence-corrected chi connectivity index (χ0v) is 9.87. The molecule has 0 aromatic heterocycles. The van der Waals surface area contributed by atoms with E-state index >= 15 is 0 Å². The van der Waals surface area contributed by atoms with E-state index in [1.807, 2.05) is 0 Å². The van der Waals surface area contributed by atoms with Crippen molar-refractivity contribution in [3.8, 4) is 0 Å². The van der Waals surface area contributed by atoms with Crippen molar-refractivity contribution >= 4 is 0 Å². The maximum absolute atomic E-state index is 9.35. The van der Waals surface area contributed by atoms with Gasteiger partial charge in [0.25, 0.3) is 0 Å².